The Kier molecular flexibility index (Phi) is 7.78. The number of piperazine rings is 1. The standard InChI is InChI=1S/C27H33N5O5S/c1-20-3-9-24(10-4-20)38(34,35)32-17-15-31(16-18-32)27(33)22-11-13-30(14-12-22)19-25-28-26(29-37-25)21-5-7-23(36-2)8-6-21/h3-10,22H,11-19H2,1-2H3. The molecule has 2 aliphatic heterocycles. The summed E-state index contributed by atoms with van der Waals surface area (Å²) >= 11 is 0. The zero-order chi connectivity index (χ0) is 26.7. The third kappa shape index (κ3) is 5.74. The van der Waals surface area contributed by atoms with Gasteiger partial charge in [-0.25, -0.2) is 8.42 Å². The van der Waals surface area contributed by atoms with Gasteiger partial charge < -0.3 is 14.2 Å². The second-order valence-corrected chi connectivity index (χ2v) is 11.8. The van der Waals surface area contributed by atoms with Crippen molar-refractivity contribution in [3.8, 4) is 17.1 Å². The summed E-state index contributed by atoms with van der Waals surface area (Å²) in [5.41, 5.74) is 1.87. The van der Waals surface area contributed by atoms with Crippen LogP contribution in [0.15, 0.2) is 57.9 Å². The molecule has 0 spiro atoms. The fourth-order valence-electron chi connectivity index (χ4n) is 4.97. The van der Waals surface area contributed by atoms with Gasteiger partial charge in [-0.05, 0) is 69.3 Å². The molecule has 2 aliphatic rings. The molecular formula is C27H33N5O5S. The molecule has 0 atom stereocenters. The molecule has 11 heteroatoms. The van der Waals surface area contributed by atoms with Crippen LogP contribution >= 0.6 is 0 Å². The molecule has 2 aromatic carbocycles. The van der Waals surface area contributed by atoms with Crippen molar-refractivity contribution in [2.75, 3.05) is 46.4 Å². The van der Waals surface area contributed by atoms with E-state index in [0.29, 0.717) is 49.3 Å². The highest BCUT2D eigenvalue weighted by molar-refractivity contribution is 7.89. The summed E-state index contributed by atoms with van der Waals surface area (Å²) in [5.74, 6) is 1.92. The summed E-state index contributed by atoms with van der Waals surface area (Å²) < 4.78 is 38.1. The molecule has 3 aromatic rings. The van der Waals surface area contributed by atoms with Crippen LogP contribution in [0, 0.1) is 12.8 Å². The molecule has 1 aromatic heterocycles. The van der Waals surface area contributed by atoms with E-state index < -0.39 is 10.0 Å². The van der Waals surface area contributed by atoms with E-state index in [4.69, 9.17) is 9.26 Å². The van der Waals surface area contributed by atoms with Gasteiger partial charge in [-0.3, -0.25) is 9.69 Å². The van der Waals surface area contributed by atoms with Crippen LogP contribution in [0.25, 0.3) is 11.4 Å². The number of sulfonamides is 1. The Hall–Kier alpha value is -3.28. The first-order valence-corrected chi connectivity index (χ1v) is 14.3. The molecule has 2 saturated heterocycles. The van der Waals surface area contributed by atoms with Gasteiger partial charge in [0.05, 0.1) is 18.6 Å². The van der Waals surface area contributed by atoms with Crippen molar-refractivity contribution in [3.63, 3.8) is 0 Å². The molecule has 3 heterocycles. The van der Waals surface area contributed by atoms with E-state index in [1.165, 1.54) is 4.31 Å². The van der Waals surface area contributed by atoms with Crippen LogP contribution < -0.4 is 4.74 Å². The van der Waals surface area contributed by atoms with Gasteiger partial charge in [-0.2, -0.15) is 9.29 Å². The van der Waals surface area contributed by atoms with E-state index in [-0.39, 0.29) is 11.8 Å². The number of aromatic nitrogens is 2. The maximum absolute atomic E-state index is 13.2. The van der Waals surface area contributed by atoms with Crippen LogP contribution in [0.5, 0.6) is 5.75 Å². The molecule has 202 valence electrons. The third-order valence-corrected chi connectivity index (χ3v) is 9.23. The van der Waals surface area contributed by atoms with E-state index in [1.54, 1.807) is 31.4 Å². The fourth-order valence-corrected chi connectivity index (χ4v) is 6.39. The van der Waals surface area contributed by atoms with Crippen molar-refractivity contribution < 1.29 is 22.5 Å². The summed E-state index contributed by atoms with van der Waals surface area (Å²) in [5, 5.41) is 4.10. The van der Waals surface area contributed by atoms with Crippen LogP contribution in [0.4, 0.5) is 0 Å². The maximum atomic E-state index is 13.2. The van der Waals surface area contributed by atoms with Crippen molar-refractivity contribution >= 4 is 15.9 Å². The minimum atomic E-state index is -3.55. The Labute approximate surface area is 223 Å². The molecule has 5 rings (SSSR count). The lowest BCUT2D eigenvalue weighted by atomic mass is 9.95. The number of hydrogen-bond acceptors (Lipinski definition) is 8. The van der Waals surface area contributed by atoms with Crippen molar-refractivity contribution in [3.05, 3.63) is 60.0 Å². The summed E-state index contributed by atoms with van der Waals surface area (Å²) in [7, 11) is -1.92. The first-order valence-electron chi connectivity index (χ1n) is 12.9. The number of methoxy groups -OCH3 is 1. The van der Waals surface area contributed by atoms with Gasteiger partial charge in [0, 0.05) is 37.7 Å². The third-order valence-electron chi connectivity index (χ3n) is 7.32. The Balaban J connectivity index is 1.09. The van der Waals surface area contributed by atoms with Gasteiger partial charge >= 0.3 is 0 Å². The number of aryl methyl sites for hydroxylation is 1. The van der Waals surface area contributed by atoms with Gasteiger partial charge in [0.25, 0.3) is 0 Å². The summed E-state index contributed by atoms with van der Waals surface area (Å²) in [4.78, 5) is 22.0. The highest BCUT2D eigenvalue weighted by Crippen LogP contribution is 2.25. The quantitative estimate of drug-likeness (QED) is 0.451. The van der Waals surface area contributed by atoms with Crippen LogP contribution in [-0.2, 0) is 21.4 Å². The summed E-state index contributed by atoms with van der Waals surface area (Å²) in [6.07, 6.45) is 1.50. The monoisotopic (exact) mass is 539 g/mol. The second-order valence-electron chi connectivity index (χ2n) is 9.83. The van der Waals surface area contributed by atoms with Crippen LogP contribution in [0.3, 0.4) is 0 Å². The van der Waals surface area contributed by atoms with Gasteiger partial charge in [-0.15, -0.1) is 0 Å². The molecular weight excluding hydrogens is 506 g/mol. The summed E-state index contributed by atoms with van der Waals surface area (Å²) in [6, 6.07) is 14.4. The summed E-state index contributed by atoms with van der Waals surface area (Å²) in [6.45, 7) is 5.45. The number of carbonyl (C=O) groups excluding carboxylic acids is 1. The molecule has 0 N–H and O–H groups in total. The zero-order valence-corrected chi connectivity index (χ0v) is 22.6. The Morgan fingerprint density at radius 2 is 1.63 bits per heavy atom. The minimum absolute atomic E-state index is 0.0518. The molecule has 10 nitrogen and oxygen atoms in total. The smallest absolute Gasteiger partial charge is 0.243 e. The van der Waals surface area contributed by atoms with E-state index >= 15 is 0 Å². The van der Waals surface area contributed by atoms with E-state index in [2.05, 4.69) is 15.0 Å². The molecule has 0 bridgehead atoms. The molecule has 0 radical (unpaired) electrons. The zero-order valence-electron chi connectivity index (χ0n) is 21.7. The van der Waals surface area contributed by atoms with Gasteiger partial charge in [0.15, 0.2) is 0 Å². The molecule has 0 unspecified atom stereocenters. The van der Waals surface area contributed by atoms with Crippen LogP contribution in [0.2, 0.25) is 0 Å². The second kappa shape index (κ2) is 11.2. The average Bonchev–Trinajstić information content (AvgIpc) is 3.42. The Bertz CT molecular complexity index is 1340. The van der Waals surface area contributed by atoms with E-state index in [9.17, 15) is 13.2 Å². The molecule has 2 fully saturated rings. The number of hydrogen-bond donors (Lipinski definition) is 0. The fraction of sp³-hybridized carbons (Fsp3) is 0.444. The van der Waals surface area contributed by atoms with Gasteiger partial charge in [0.2, 0.25) is 27.6 Å². The molecule has 38 heavy (non-hydrogen) atoms. The highest BCUT2D eigenvalue weighted by Gasteiger charge is 2.34. The first kappa shape index (κ1) is 26.3. The number of rotatable bonds is 7. The number of ether oxygens (including phenoxy) is 1. The van der Waals surface area contributed by atoms with Gasteiger partial charge in [0.1, 0.15) is 5.75 Å². The van der Waals surface area contributed by atoms with Crippen LogP contribution in [0.1, 0.15) is 24.3 Å². The largest absolute Gasteiger partial charge is 0.497 e. The van der Waals surface area contributed by atoms with Gasteiger partial charge in [-0.1, -0.05) is 22.9 Å². The van der Waals surface area contributed by atoms with Crippen LogP contribution in [-0.4, -0.2) is 84.9 Å². The van der Waals surface area contributed by atoms with Crippen molar-refractivity contribution in [1.82, 2.24) is 24.2 Å². The lowest BCUT2D eigenvalue weighted by Gasteiger charge is -2.38. The highest BCUT2D eigenvalue weighted by atomic mass is 32.2. The number of amides is 1. The number of carbonyl (C=O) groups is 1. The van der Waals surface area contributed by atoms with E-state index in [0.717, 1.165) is 42.8 Å². The van der Waals surface area contributed by atoms with Crippen molar-refractivity contribution in [1.29, 1.82) is 0 Å². The lowest BCUT2D eigenvalue weighted by molar-refractivity contribution is -0.138. The van der Waals surface area contributed by atoms with E-state index in [1.807, 2.05) is 36.1 Å². The first-order chi connectivity index (χ1) is 18.3. The number of likely N-dealkylation sites (tertiary alicyclic amines) is 1. The SMILES string of the molecule is COc1ccc(-c2noc(CN3CCC(C(=O)N4CCN(S(=O)(=O)c5ccc(C)cc5)CC4)CC3)n2)cc1. The topological polar surface area (TPSA) is 109 Å². The normalized spacial score (nSPS) is 18.0. The Morgan fingerprint density at radius 3 is 2.26 bits per heavy atom. The lowest BCUT2D eigenvalue weighted by Crippen LogP contribution is -2.52. The number of benzene rings is 2. The average molecular weight is 540 g/mol. The molecule has 0 saturated carbocycles. The minimum Gasteiger partial charge on any atom is -0.497 e. The predicted molar refractivity (Wildman–Crippen MR) is 141 cm³/mol. The number of nitrogens with zero attached hydrogens (tertiary/aromatic N) is 5. The Morgan fingerprint density at radius 1 is 0.974 bits per heavy atom. The molecule has 0 aliphatic carbocycles. The maximum Gasteiger partial charge on any atom is 0.243 e. The van der Waals surface area contributed by atoms with Crippen molar-refractivity contribution in [2.45, 2.75) is 31.2 Å². The number of piperidine rings is 1. The van der Waals surface area contributed by atoms with Crippen molar-refractivity contribution in [2.24, 2.45) is 5.92 Å². The predicted octanol–water partition coefficient (Wildman–Crippen LogP) is 2.80. The molecule has 1 amide bonds.